The summed E-state index contributed by atoms with van der Waals surface area (Å²) < 4.78 is 8.28. The van der Waals surface area contributed by atoms with Crippen molar-refractivity contribution in [2.45, 2.75) is 39.0 Å². The van der Waals surface area contributed by atoms with E-state index in [0.29, 0.717) is 12.5 Å². The minimum Gasteiger partial charge on any atom is -0.375 e. The second-order valence-electron chi connectivity index (χ2n) is 7.23. The lowest BCUT2D eigenvalue weighted by atomic mass is 9.85. The van der Waals surface area contributed by atoms with Gasteiger partial charge >= 0.3 is 0 Å². The summed E-state index contributed by atoms with van der Waals surface area (Å²) in [6, 6.07) is 5.97. The summed E-state index contributed by atoms with van der Waals surface area (Å²) in [4.78, 5) is 11.3. The maximum absolute atomic E-state index is 5.98. The van der Waals surface area contributed by atoms with Crippen LogP contribution in [0.15, 0.2) is 36.9 Å². The number of hydrogen-bond donors (Lipinski definition) is 0. The summed E-state index contributed by atoms with van der Waals surface area (Å²) in [7, 11) is 0. The maximum atomic E-state index is 5.98. The Morgan fingerprint density at radius 3 is 2.92 bits per heavy atom. The molecule has 5 nitrogen and oxygen atoms in total. The third-order valence-corrected chi connectivity index (χ3v) is 5.23. The molecule has 1 aliphatic carbocycles. The molecular formula is C19H26N4O. The number of nitrogens with zero attached hydrogens (tertiary/aromatic N) is 4. The molecule has 24 heavy (non-hydrogen) atoms. The molecule has 1 fully saturated rings. The van der Waals surface area contributed by atoms with Crippen LogP contribution >= 0.6 is 0 Å². The lowest BCUT2D eigenvalue weighted by Crippen LogP contribution is -2.36. The zero-order valence-corrected chi connectivity index (χ0v) is 14.2. The number of pyridine rings is 1. The molecule has 0 N–H and O–H groups in total. The van der Waals surface area contributed by atoms with Crippen molar-refractivity contribution in [1.29, 1.82) is 0 Å². The van der Waals surface area contributed by atoms with E-state index in [2.05, 4.69) is 19.4 Å². The molecule has 1 aliphatic heterocycles. The van der Waals surface area contributed by atoms with Gasteiger partial charge in [-0.25, -0.2) is 4.98 Å². The zero-order chi connectivity index (χ0) is 16.2. The second-order valence-corrected chi connectivity index (χ2v) is 7.23. The van der Waals surface area contributed by atoms with Crippen molar-refractivity contribution in [3.8, 4) is 0 Å². The van der Waals surface area contributed by atoms with Crippen LogP contribution in [0.5, 0.6) is 0 Å². The Bertz CT molecular complexity index is 638. The smallest absolute Gasteiger partial charge is 0.0948 e. The van der Waals surface area contributed by atoms with Gasteiger partial charge in [0.05, 0.1) is 30.9 Å². The highest BCUT2D eigenvalue weighted by Crippen LogP contribution is 2.28. The quantitative estimate of drug-likeness (QED) is 0.819. The van der Waals surface area contributed by atoms with Crippen LogP contribution in [0, 0.1) is 11.8 Å². The van der Waals surface area contributed by atoms with Crippen LogP contribution in [0.2, 0.25) is 0 Å². The van der Waals surface area contributed by atoms with Crippen LogP contribution in [0.1, 0.15) is 30.7 Å². The fourth-order valence-corrected chi connectivity index (χ4v) is 3.74. The summed E-state index contributed by atoms with van der Waals surface area (Å²) in [6.45, 7) is 5.72. The van der Waals surface area contributed by atoms with E-state index in [4.69, 9.17) is 4.74 Å². The first-order valence-corrected chi connectivity index (χ1v) is 9.06. The Morgan fingerprint density at radius 2 is 2.12 bits per heavy atom. The molecule has 2 aromatic heterocycles. The maximum Gasteiger partial charge on any atom is 0.0948 e. The van der Waals surface area contributed by atoms with E-state index in [1.165, 1.54) is 31.5 Å². The molecule has 2 aliphatic rings. The van der Waals surface area contributed by atoms with E-state index in [0.717, 1.165) is 37.9 Å². The molecule has 1 atom stereocenters. The summed E-state index contributed by atoms with van der Waals surface area (Å²) in [5.74, 6) is 1.40. The molecule has 4 rings (SSSR count). The molecule has 1 saturated carbocycles. The molecule has 0 aromatic carbocycles. The van der Waals surface area contributed by atoms with Crippen LogP contribution < -0.4 is 0 Å². The molecule has 3 heterocycles. The number of rotatable bonds is 6. The third-order valence-electron chi connectivity index (χ3n) is 5.23. The van der Waals surface area contributed by atoms with Crippen LogP contribution in [-0.4, -0.2) is 39.1 Å². The normalized spacial score (nSPS) is 21.9. The van der Waals surface area contributed by atoms with Gasteiger partial charge in [0.25, 0.3) is 0 Å². The van der Waals surface area contributed by atoms with Crippen LogP contribution in [-0.2, 0) is 24.4 Å². The second kappa shape index (κ2) is 7.45. The highest BCUT2D eigenvalue weighted by Gasteiger charge is 2.26. The molecule has 0 bridgehead atoms. The number of fused-ring (bicyclic) bond motifs is 1. The average Bonchev–Trinajstić information content (AvgIpc) is 2.91. The topological polar surface area (TPSA) is 43.2 Å². The van der Waals surface area contributed by atoms with Gasteiger partial charge in [0.2, 0.25) is 0 Å². The Labute approximate surface area is 143 Å². The van der Waals surface area contributed by atoms with Gasteiger partial charge < -0.3 is 9.30 Å². The van der Waals surface area contributed by atoms with E-state index in [1.807, 2.05) is 36.9 Å². The summed E-state index contributed by atoms with van der Waals surface area (Å²) in [5, 5.41) is 0. The summed E-state index contributed by atoms with van der Waals surface area (Å²) in [5.41, 5.74) is 2.34. The minimum absolute atomic E-state index is 0.504. The Balaban J connectivity index is 1.36. The molecular weight excluding hydrogens is 300 g/mol. The predicted octanol–water partition coefficient (Wildman–Crippen LogP) is 2.73. The van der Waals surface area contributed by atoms with E-state index in [-0.39, 0.29) is 0 Å². The van der Waals surface area contributed by atoms with Crippen molar-refractivity contribution in [1.82, 2.24) is 19.4 Å². The highest BCUT2D eigenvalue weighted by atomic mass is 16.5. The molecule has 0 spiro atoms. The van der Waals surface area contributed by atoms with Crippen molar-refractivity contribution in [3.63, 3.8) is 0 Å². The molecule has 128 valence electrons. The van der Waals surface area contributed by atoms with Gasteiger partial charge in [-0.15, -0.1) is 0 Å². The van der Waals surface area contributed by atoms with Gasteiger partial charge in [0.15, 0.2) is 0 Å². The van der Waals surface area contributed by atoms with E-state index >= 15 is 0 Å². The first-order chi connectivity index (χ1) is 11.9. The minimum atomic E-state index is 0.504. The monoisotopic (exact) mass is 326 g/mol. The summed E-state index contributed by atoms with van der Waals surface area (Å²) in [6.07, 6.45) is 10.0. The number of aromatic nitrogens is 3. The van der Waals surface area contributed by atoms with E-state index < -0.39 is 0 Å². The van der Waals surface area contributed by atoms with Gasteiger partial charge in [-0.1, -0.05) is 12.5 Å². The largest absolute Gasteiger partial charge is 0.375 e. The first-order valence-electron chi connectivity index (χ1n) is 9.06. The van der Waals surface area contributed by atoms with E-state index in [9.17, 15) is 0 Å². The van der Waals surface area contributed by atoms with Crippen molar-refractivity contribution < 1.29 is 4.74 Å². The first kappa shape index (κ1) is 15.8. The SMILES string of the molecule is c1ccc(COC[C@H]2CN(CC3CCC3)Cc3cncn3C2)nc1. The molecule has 0 unspecified atom stereocenters. The van der Waals surface area contributed by atoms with Gasteiger partial charge in [-0.3, -0.25) is 9.88 Å². The van der Waals surface area contributed by atoms with Crippen molar-refractivity contribution in [2.24, 2.45) is 11.8 Å². The summed E-state index contributed by atoms with van der Waals surface area (Å²) >= 11 is 0. The number of imidazole rings is 1. The van der Waals surface area contributed by atoms with Crippen molar-refractivity contribution in [3.05, 3.63) is 48.3 Å². The Kier molecular flexibility index (Phi) is 4.90. The molecule has 5 heteroatoms. The van der Waals surface area contributed by atoms with Gasteiger partial charge in [0, 0.05) is 44.5 Å². The number of hydrogen-bond acceptors (Lipinski definition) is 4. The third kappa shape index (κ3) is 3.84. The molecule has 2 aromatic rings. The fourth-order valence-electron chi connectivity index (χ4n) is 3.74. The van der Waals surface area contributed by atoms with Crippen LogP contribution in [0.25, 0.3) is 0 Å². The molecule has 0 radical (unpaired) electrons. The molecule has 0 saturated heterocycles. The van der Waals surface area contributed by atoms with Gasteiger partial charge in [0.1, 0.15) is 0 Å². The number of ether oxygens (including phenoxy) is 1. The van der Waals surface area contributed by atoms with Crippen LogP contribution in [0.3, 0.4) is 0 Å². The standard InChI is InChI=1S/C19H26N4O/c1-2-7-21-18(6-1)14-24-13-17-10-22(9-16-4-3-5-16)12-19-8-20-15-23(19)11-17/h1-2,6-8,15-17H,3-5,9-14H2/t17-/m0/s1. The lowest BCUT2D eigenvalue weighted by molar-refractivity contribution is 0.0601. The zero-order valence-electron chi connectivity index (χ0n) is 14.2. The van der Waals surface area contributed by atoms with Gasteiger partial charge in [-0.05, 0) is 30.9 Å². The van der Waals surface area contributed by atoms with Crippen molar-refractivity contribution in [2.75, 3.05) is 19.7 Å². The average molecular weight is 326 g/mol. The van der Waals surface area contributed by atoms with E-state index in [1.54, 1.807) is 0 Å². The van der Waals surface area contributed by atoms with Crippen LogP contribution in [0.4, 0.5) is 0 Å². The lowest BCUT2D eigenvalue weighted by Gasteiger charge is -2.32. The Hall–Kier alpha value is -1.72. The Morgan fingerprint density at radius 1 is 1.17 bits per heavy atom. The highest BCUT2D eigenvalue weighted by molar-refractivity contribution is 5.02. The molecule has 0 amide bonds. The van der Waals surface area contributed by atoms with Crippen molar-refractivity contribution >= 4 is 0 Å². The fraction of sp³-hybridized carbons (Fsp3) is 0.579. The van der Waals surface area contributed by atoms with Gasteiger partial charge in [-0.2, -0.15) is 0 Å². The predicted molar refractivity (Wildman–Crippen MR) is 92.2 cm³/mol.